The van der Waals surface area contributed by atoms with Gasteiger partial charge in [-0.1, -0.05) is 6.07 Å². The van der Waals surface area contributed by atoms with Gasteiger partial charge in [-0.15, -0.1) is 0 Å². The van der Waals surface area contributed by atoms with Crippen molar-refractivity contribution in [3.8, 4) is 11.5 Å². The van der Waals surface area contributed by atoms with E-state index in [0.717, 1.165) is 16.9 Å². The van der Waals surface area contributed by atoms with Crippen molar-refractivity contribution in [2.24, 2.45) is 0 Å². The number of thiophene rings is 1. The van der Waals surface area contributed by atoms with Gasteiger partial charge in [-0.3, -0.25) is 10.1 Å². The van der Waals surface area contributed by atoms with E-state index in [-0.39, 0.29) is 5.00 Å². The summed E-state index contributed by atoms with van der Waals surface area (Å²) in [7, 11) is 3.16. The van der Waals surface area contributed by atoms with Gasteiger partial charge in [0.2, 0.25) is 0 Å². The van der Waals surface area contributed by atoms with Crippen LogP contribution in [0.3, 0.4) is 0 Å². The highest BCUT2D eigenvalue weighted by Crippen LogP contribution is 2.33. The summed E-state index contributed by atoms with van der Waals surface area (Å²) < 4.78 is 10.5. The lowest BCUT2D eigenvalue weighted by molar-refractivity contribution is -0.380. The minimum absolute atomic E-state index is 0.0414. The van der Waals surface area contributed by atoms with E-state index in [1.165, 1.54) is 12.4 Å². The molecule has 3 rings (SSSR count). The zero-order valence-corrected chi connectivity index (χ0v) is 13.8. The number of ether oxygens (including phenoxy) is 2. The van der Waals surface area contributed by atoms with E-state index in [9.17, 15) is 10.1 Å². The molecule has 0 bridgehead atoms. The van der Waals surface area contributed by atoms with Gasteiger partial charge in [0, 0.05) is 12.6 Å². The monoisotopic (exact) mass is 346 g/mol. The van der Waals surface area contributed by atoms with E-state index < -0.39 is 4.92 Å². The van der Waals surface area contributed by atoms with Crippen LogP contribution >= 0.6 is 11.3 Å². The van der Waals surface area contributed by atoms with Gasteiger partial charge in [0.25, 0.3) is 0 Å². The third-order valence-corrected chi connectivity index (χ3v) is 4.40. The molecule has 1 aromatic carbocycles. The van der Waals surface area contributed by atoms with Crippen LogP contribution in [0.1, 0.15) is 5.56 Å². The molecule has 2 aromatic heterocycles. The van der Waals surface area contributed by atoms with Crippen molar-refractivity contribution in [2.45, 2.75) is 6.54 Å². The Bertz CT molecular complexity index is 896. The summed E-state index contributed by atoms with van der Waals surface area (Å²) in [6, 6.07) is 7.07. The number of aromatic nitrogens is 2. The van der Waals surface area contributed by atoms with Crippen molar-refractivity contribution in [1.82, 2.24) is 9.97 Å². The van der Waals surface area contributed by atoms with E-state index >= 15 is 0 Å². The molecule has 8 nitrogen and oxygen atoms in total. The van der Waals surface area contributed by atoms with E-state index in [1.807, 2.05) is 18.2 Å². The number of nitrogens with one attached hydrogen (secondary N) is 1. The fraction of sp³-hybridized carbons (Fsp3) is 0.200. The highest BCUT2D eigenvalue weighted by molar-refractivity contribution is 7.21. The van der Waals surface area contributed by atoms with Crippen molar-refractivity contribution in [2.75, 3.05) is 19.5 Å². The van der Waals surface area contributed by atoms with Crippen LogP contribution in [0, 0.1) is 10.1 Å². The van der Waals surface area contributed by atoms with Crippen LogP contribution in [0.15, 0.2) is 30.6 Å². The van der Waals surface area contributed by atoms with Gasteiger partial charge in [-0.05, 0) is 29.0 Å². The summed E-state index contributed by atoms with van der Waals surface area (Å²) in [4.78, 5) is 19.3. The summed E-state index contributed by atoms with van der Waals surface area (Å²) >= 11 is 1.03. The predicted octanol–water partition coefficient (Wildman–Crippen LogP) is 3.23. The molecule has 1 N–H and O–H groups in total. The molecule has 2 heterocycles. The number of hydrogen-bond donors (Lipinski definition) is 1. The average molecular weight is 346 g/mol. The van der Waals surface area contributed by atoms with Crippen LogP contribution in [-0.2, 0) is 6.54 Å². The van der Waals surface area contributed by atoms with Crippen molar-refractivity contribution in [3.63, 3.8) is 0 Å². The lowest BCUT2D eigenvalue weighted by atomic mass is 10.2. The molecule has 0 fully saturated rings. The molecule has 0 saturated carbocycles. The minimum atomic E-state index is -0.426. The van der Waals surface area contributed by atoms with Crippen LogP contribution in [0.5, 0.6) is 11.5 Å². The lowest BCUT2D eigenvalue weighted by Gasteiger charge is -2.10. The molecule has 3 aromatic rings. The van der Waals surface area contributed by atoms with E-state index in [1.54, 1.807) is 14.2 Å². The lowest BCUT2D eigenvalue weighted by Crippen LogP contribution is -2.02. The van der Waals surface area contributed by atoms with Crippen LogP contribution in [0.4, 0.5) is 10.8 Å². The Morgan fingerprint density at radius 2 is 2.00 bits per heavy atom. The first-order chi connectivity index (χ1) is 11.6. The highest BCUT2D eigenvalue weighted by atomic mass is 32.1. The molecular formula is C15H14N4O4S. The molecule has 124 valence electrons. The largest absolute Gasteiger partial charge is 0.493 e. The number of benzene rings is 1. The maximum absolute atomic E-state index is 10.9. The molecule has 0 saturated heterocycles. The second kappa shape index (κ2) is 6.67. The molecule has 0 spiro atoms. The fourth-order valence-electron chi connectivity index (χ4n) is 2.25. The Balaban J connectivity index is 1.84. The molecule has 0 radical (unpaired) electrons. The first-order valence-electron chi connectivity index (χ1n) is 6.96. The number of nitro groups is 1. The van der Waals surface area contributed by atoms with Gasteiger partial charge in [0.05, 0.1) is 24.5 Å². The van der Waals surface area contributed by atoms with Gasteiger partial charge < -0.3 is 14.8 Å². The van der Waals surface area contributed by atoms with Gasteiger partial charge in [-0.25, -0.2) is 9.97 Å². The van der Waals surface area contributed by atoms with E-state index in [0.29, 0.717) is 34.1 Å². The third kappa shape index (κ3) is 3.06. The van der Waals surface area contributed by atoms with Crippen LogP contribution in [0.2, 0.25) is 0 Å². The van der Waals surface area contributed by atoms with Crippen LogP contribution in [0.25, 0.3) is 10.2 Å². The smallest absolute Gasteiger partial charge is 0.326 e. The summed E-state index contributed by atoms with van der Waals surface area (Å²) in [6.45, 7) is 0.482. The third-order valence-electron chi connectivity index (χ3n) is 3.40. The summed E-state index contributed by atoms with van der Waals surface area (Å²) in [5.74, 6) is 1.84. The summed E-state index contributed by atoms with van der Waals surface area (Å²) in [5, 5.41) is 14.8. The second-order valence-electron chi connectivity index (χ2n) is 4.83. The molecule has 0 aliphatic carbocycles. The van der Waals surface area contributed by atoms with Gasteiger partial charge in [0.15, 0.2) is 11.5 Å². The number of hydrogen-bond acceptors (Lipinski definition) is 8. The second-order valence-corrected chi connectivity index (χ2v) is 5.83. The van der Waals surface area contributed by atoms with Crippen molar-refractivity contribution in [1.29, 1.82) is 0 Å². The van der Waals surface area contributed by atoms with E-state index in [4.69, 9.17) is 9.47 Å². The van der Waals surface area contributed by atoms with Crippen molar-refractivity contribution < 1.29 is 14.4 Å². The Morgan fingerprint density at radius 3 is 2.71 bits per heavy atom. The van der Waals surface area contributed by atoms with Gasteiger partial charge in [-0.2, -0.15) is 0 Å². The maximum Gasteiger partial charge on any atom is 0.326 e. The number of anilines is 1. The molecular weight excluding hydrogens is 332 g/mol. The van der Waals surface area contributed by atoms with E-state index in [2.05, 4.69) is 15.3 Å². The number of rotatable bonds is 6. The average Bonchev–Trinajstić information content (AvgIpc) is 3.04. The molecule has 0 aliphatic rings. The SMILES string of the molecule is COc1ccc(CNc2ncnc3sc([N+](=O)[O-])cc23)cc1OC. The Hall–Kier alpha value is -2.94. The quantitative estimate of drug-likeness (QED) is 0.540. The fourth-order valence-corrected chi connectivity index (χ4v) is 3.06. The maximum atomic E-state index is 10.9. The zero-order chi connectivity index (χ0) is 17.1. The molecule has 24 heavy (non-hydrogen) atoms. The molecule has 0 atom stereocenters. The molecule has 0 unspecified atom stereocenters. The van der Waals surface area contributed by atoms with Gasteiger partial charge >= 0.3 is 5.00 Å². The Morgan fingerprint density at radius 1 is 1.21 bits per heavy atom. The standard InChI is InChI=1S/C15H14N4O4S/c1-22-11-4-3-9(5-12(11)23-2)7-16-14-10-6-13(19(20)21)24-15(10)18-8-17-14/h3-6,8H,7H2,1-2H3,(H,16,17,18). The Kier molecular flexibility index (Phi) is 4.43. The first kappa shape index (κ1) is 15.9. The number of methoxy groups -OCH3 is 2. The van der Waals surface area contributed by atoms with Gasteiger partial charge in [0.1, 0.15) is 17.0 Å². The molecule has 0 amide bonds. The van der Waals surface area contributed by atoms with Crippen LogP contribution in [-0.4, -0.2) is 29.1 Å². The zero-order valence-electron chi connectivity index (χ0n) is 13.0. The van der Waals surface area contributed by atoms with Crippen LogP contribution < -0.4 is 14.8 Å². The van der Waals surface area contributed by atoms with Crippen molar-refractivity contribution >= 4 is 32.4 Å². The highest BCUT2D eigenvalue weighted by Gasteiger charge is 2.15. The number of fused-ring (bicyclic) bond motifs is 1. The Labute approximate surface area is 141 Å². The topological polar surface area (TPSA) is 99.4 Å². The normalized spacial score (nSPS) is 10.6. The molecule has 0 aliphatic heterocycles. The van der Waals surface area contributed by atoms with Crippen molar-refractivity contribution in [3.05, 3.63) is 46.3 Å². The predicted molar refractivity (Wildman–Crippen MR) is 90.9 cm³/mol. The first-order valence-corrected chi connectivity index (χ1v) is 7.77. The number of nitrogens with zero attached hydrogens (tertiary/aromatic N) is 3. The summed E-state index contributed by atoms with van der Waals surface area (Å²) in [6.07, 6.45) is 1.39. The minimum Gasteiger partial charge on any atom is -0.493 e. The summed E-state index contributed by atoms with van der Waals surface area (Å²) in [5.41, 5.74) is 0.962. The molecule has 9 heteroatoms.